The van der Waals surface area contributed by atoms with Gasteiger partial charge in [0, 0.05) is 61.1 Å². The Labute approximate surface area is 499 Å². The first-order chi connectivity index (χ1) is 40.2. The third-order valence-electron chi connectivity index (χ3n) is 15.1. The van der Waals surface area contributed by atoms with Gasteiger partial charge >= 0.3 is 6.18 Å². The summed E-state index contributed by atoms with van der Waals surface area (Å²) < 4.78 is 113. The highest BCUT2D eigenvalue weighted by molar-refractivity contribution is 6.33. The van der Waals surface area contributed by atoms with Crippen LogP contribution in [-0.4, -0.2) is 116 Å². The van der Waals surface area contributed by atoms with Crippen molar-refractivity contribution in [2.75, 3.05) is 66.5 Å². The fourth-order valence-electron chi connectivity index (χ4n) is 10.1. The summed E-state index contributed by atoms with van der Waals surface area (Å²) >= 11 is 6.38. The van der Waals surface area contributed by atoms with E-state index in [1.807, 2.05) is 7.05 Å². The summed E-state index contributed by atoms with van der Waals surface area (Å²) in [7, 11) is 4.11. The number of amides is 1. The molecule has 0 saturated carbocycles. The molecule has 0 atom stereocenters. The highest BCUT2D eigenvalue weighted by Gasteiger charge is 2.43. The molecule has 25 heteroatoms. The van der Waals surface area contributed by atoms with Gasteiger partial charge in [0.2, 0.25) is 5.95 Å². The van der Waals surface area contributed by atoms with Gasteiger partial charge in [-0.15, -0.1) is 0 Å². The summed E-state index contributed by atoms with van der Waals surface area (Å²) in [5.41, 5.74) is -3.44. The molecule has 0 aromatic carbocycles. The molecule has 1 amide bonds. The first-order valence-corrected chi connectivity index (χ1v) is 27.0. The van der Waals surface area contributed by atoms with Gasteiger partial charge in [-0.2, -0.15) is 38.6 Å². The molecule has 16 nitrogen and oxygen atoms in total. The minimum atomic E-state index is -4.76. The highest BCUT2D eigenvalue weighted by atomic mass is 35.5. The molecule has 11 rings (SSSR count). The molecular formula is C61H65ClF8N14O2. The van der Waals surface area contributed by atoms with Crippen molar-refractivity contribution in [3.8, 4) is 35.4 Å². The molecule has 0 unspecified atom stereocenters. The molecule has 11 heterocycles. The van der Waals surface area contributed by atoms with Crippen LogP contribution in [0.4, 0.5) is 35.1 Å². The van der Waals surface area contributed by atoms with E-state index in [9.17, 15) is 55.7 Å². The first kappa shape index (κ1) is 68.4. The molecule has 0 radical (unpaired) electrons. The fraction of sp³-hybridized carbons (Fsp3) is 0.410. The minimum absolute atomic E-state index is 0. The van der Waals surface area contributed by atoms with Crippen molar-refractivity contribution < 1.29 is 44.3 Å². The van der Waals surface area contributed by atoms with Crippen molar-refractivity contribution in [2.45, 2.75) is 88.6 Å². The number of pyridine rings is 5. The fourth-order valence-corrected chi connectivity index (χ4v) is 10.3. The number of nitriles is 4. The maximum atomic E-state index is 14.3. The molecular weight excluding hydrogens is 1150 g/mol. The smallest absolute Gasteiger partial charge is 0.420 e. The zero-order valence-corrected chi connectivity index (χ0v) is 46.5. The number of fused-ring (bicyclic) bond motifs is 1. The Morgan fingerprint density at radius 1 is 0.651 bits per heavy atom. The molecule has 0 aliphatic carbocycles. The second kappa shape index (κ2) is 30.6. The van der Waals surface area contributed by atoms with Crippen molar-refractivity contribution in [1.29, 1.82) is 21.0 Å². The molecule has 4 saturated heterocycles. The number of likely N-dealkylation sites (tertiary alicyclic amines) is 3. The molecule has 0 bridgehead atoms. The largest absolute Gasteiger partial charge is 0.472 e. The number of aromatic nitrogens is 6. The van der Waals surface area contributed by atoms with Crippen molar-refractivity contribution in [2.24, 2.45) is 5.92 Å². The Morgan fingerprint density at radius 3 is 1.51 bits per heavy atom. The normalized spacial score (nSPS) is 17.1. The van der Waals surface area contributed by atoms with Gasteiger partial charge in [0.05, 0.1) is 59.4 Å². The number of carbonyl (C=O) groups is 1. The Balaban J connectivity index is 0.000000223. The summed E-state index contributed by atoms with van der Waals surface area (Å²) in [6.07, 6.45) is 9.72. The number of furan rings is 1. The minimum Gasteiger partial charge on any atom is -0.472 e. The van der Waals surface area contributed by atoms with Crippen LogP contribution in [0.25, 0.3) is 16.8 Å². The number of rotatable bonds is 5. The quantitative estimate of drug-likeness (QED) is 0.125. The van der Waals surface area contributed by atoms with E-state index < -0.39 is 57.1 Å². The first-order valence-electron chi connectivity index (χ1n) is 26.6. The van der Waals surface area contributed by atoms with E-state index in [0.29, 0.717) is 48.6 Å². The molecule has 1 N–H and O–H groups in total. The topological polar surface area (TPSA) is 216 Å². The summed E-state index contributed by atoms with van der Waals surface area (Å²) in [4.78, 5) is 38.1. The zero-order chi connectivity index (χ0) is 60.7. The maximum absolute atomic E-state index is 14.3. The molecule has 0 spiro atoms. The lowest BCUT2D eigenvalue weighted by molar-refractivity contribution is -0.136. The Hall–Kier alpha value is -8.39. The number of halogens is 9. The standard InChI is InChI=1S/C24H16ClF4N5O2.C12H14FN3.C11H12FN3.C7H12N2.C5H3F2N.2CH4/c25-20-18(22(35)33-7-4-23(13-30,5-8-33)19-17(26)2-1-6-31-19)32-21-16(24(27,28)29)10-15(11-34(20)21)14-3-9-36-12-14;1-16-7-4-12(9-14,5-8-16)11-10(13)3-2-6-15-11;12-9-2-1-5-15-10(9)11(8-13)3-6-14-7-4-11;1-9-4-2-7(6-8)3-5-9;6-4-2-1-3-8-5(4)7;;/h1-3,6,9-12H,4-5,7-8H2;2-3,6H,4-5,7-8H2,1H3;1-2,5,14H,3-4,6-7H2;7H,2-5H2,1H3;1-3H;2*1H4. The van der Waals surface area contributed by atoms with Crippen molar-refractivity contribution in [3.05, 3.63) is 167 Å². The average molecular weight is 1210 g/mol. The van der Waals surface area contributed by atoms with Crippen LogP contribution in [0.15, 0.2) is 109 Å². The summed E-state index contributed by atoms with van der Waals surface area (Å²) in [5, 5.41) is 39.8. The maximum Gasteiger partial charge on any atom is 0.420 e. The molecule has 4 aliphatic rings. The van der Waals surface area contributed by atoms with Crippen LogP contribution in [0.1, 0.15) is 99.4 Å². The summed E-state index contributed by atoms with van der Waals surface area (Å²) in [6, 6.07) is 22.2. The van der Waals surface area contributed by atoms with Gasteiger partial charge in [0.25, 0.3) is 5.91 Å². The number of imidazole rings is 1. The Bertz CT molecular complexity index is 3510. The molecule has 4 fully saturated rings. The van der Waals surface area contributed by atoms with Crippen LogP contribution < -0.4 is 5.32 Å². The monoisotopic (exact) mass is 1210 g/mol. The SMILES string of the molecule is C.C.CN1CCC(C#N)(c2ncccc2F)CC1.CN1CCC(C#N)CC1.Fc1cccnc1F.N#CC1(c2ncccc2F)CCN(C(=O)c2nc3c(C(F)(F)F)cc(-c4ccoc4)cn3c2Cl)CC1.N#CC1(c2ncccc2F)CCNCC1. The lowest BCUT2D eigenvalue weighted by atomic mass is 9.76. The van der Waals surface area contributed by atoms with E-state index in [1.54, 1.807) is 24.5 Å². The van der Waals surface area contributed by atoms with Gasteiger partial charge in [-0.05, 0) is 165 Å². The zero-order valence-electron chi connectivity index (χ0n) is 45.7. The van der Waals surface area contributed by atoms with Gasteiger partial charge in [-0.3, -0.25) is 24.1 Å². The van der Waals surface area contributed by atoms with E-state index >= 15 is 0 Å². The lowest BCUT2D eigenvalue weighted by Crippen LogP contribution is -2.45. The predicted octanol–water partition coefficient (Wildman–Crippen LogP) is 12.1. The van der Waals surface area contributed by atoms with Crippen LogP contribution in [0.5, 0.6) is 0 Å². The van der Waals surface area contributed by atoms with Gasteiger partial charge in [-0.25, -0.2) is 27.5 Å². The second-order valence-corrected chi connectivity index (χ2v) is 20.9. The number of hydrogen-bond acceptors (Lipinski definition) is 14. The van der Waals surface area contributed by atoms with E-state index in [2.05, 4.69) is 71.4 Å². The van der Waals surface area contributed by atoms with Crippen LogP contribution in [0, 0.1) is 80.5 Å². The second-order valence-electron chi connectivity index (χ2n) is 20.5. The Morgan fingerprint density at radius 2 is 1.10 bits per heavy atom. The van der Waals surface area contributed by atoms with E-state index in [0.717, 1.165) is 68.6 Å². The summed E-state index contributed by atoms with van der Waals surface area (Å²) in [6.45, 7) is 5.37. The average Bonchev–Trinajstić information content (AvgIpc) is 1.94. The third kappa shape index (κ3) is 16.1. The molecule has 4 aliphatic heterocycles. The van der Waals surface area contributed by atoms with Gasteiger partial charge < -0.3 is 24.4 Å². The molecule has 454 valence electrons. The number of nitrogens with one attached hydrogen (secondary N) is 1. The van der Waals surface area contributed by atoms with Gasteiger partial charge in [0.15, 0.2) is 17.2 Å². The molecule has 7 aromatic rings. The Kier molecular flexibility index (Phi) is 24.3. The van der Waals surface area contributed by atoms with Gasteiger partial charge in [0.1, 0.15) is 38.8 Å². The third-order valence-corrected chi connectivity index (χ3v) is 15.5. The number of carbonyl (C=O) groups excluding carboxylic acids is 1. The molecule has 86 heavy (non-hydrogen) atoms. The van der Waals surface area contributed by atoms with Crippen molar-refractivity contribution >= 4 is 23.2 Å². The van der Waals surface area contributed by atoms with Crippen LogP contribution >= 0.6 is 11.6 Å². The number of alkyl halides is 3. The highest BCUT2D eigenvalue weighted by Crippen LogP contribution is 2.40. The number of hydrogen-bond donors (Lipinski definition) is 1. The number of piperidine rings is 4. The summed E-state index contributed by atoms with van der Waals surface area (Å²) in [5.74, 6) is -3.67. The van der Waals surface area contributed by atoms with Crippen molar-refractivity contribution in [3.63, 3.8) is 0 Å². The van der Waals surface area contributed by atoms with Crippen molar-refractivity contribution in [1.82, 2.24) is 49.3 Å². The van der Waals surface area contributed by atoms with E-state index in [4.69, 9.17) is 21.3 Å². The van der Waals surface area contributed by atoms with Crippen LogP contribution in [-0.2, 0) is 22.4 Å². The van der Waals surface area contributed by atoms with E-state index in [-0.39, 0.29) is 74.5 Å². The lowest BCUT2D eigenvalue weighted by Gasteiger charge is -2.36. The predicted molar refractivity (Wildman–Crippen MR) is 305 cm³/mol. The van der Waals surface area contributed by atoms with Crippen LogP contribution in [0.3, 0.4) is 0 Å². The van der Waals surface area contributed by atoms with Gasteiger partial charge in [-0.1, -0.05) is 26.5 Å². The van der Waals surface area contributed by atoms with E-state index in [1.165, 1.54) is 72.4 Å². The number of nitrogens with zero attached hydrogens (tertiary/aromatic N) is 13. The molecule has 7 aromatic heterocycles. The van der Waals surface area contributed by atoms with Crippen LogP contribution in [0.2, 0.25) is 5.15 Å².